The number of oxazole rings is 1. The van der Waals surface area contributed by atoms with E-state index in [-0.39, 0.29) is 12.0 Å². The minimum Gasteiger partial charge on any atom is -0.441 e. The molecule has 0 N–H and O–H groups in total. The van der Waals surface area contributed by atoms with Gasteiger partial charge in [-0.3, -0.25) is 4.90 Å². The van der Waals surface area contributed by atoms with Crippen LogP contribution >= 0.6 is 0 Å². The van der Waals surface area contributed by atoms with Crippen LogP contribution in [0.25, 0.3) is 11.5 Å². The molecule has 136 valence electrons. The van der Waals surface area contributed by atoms with Crippen LogP contribution in [-0.2, 0) is 17.5 Å². The van der Waals surface area contributed by atoms with E-state index < -0.39 is 11.7 Å². The van der Waals surface area contributed by atoms with E-state index in [1.807, 2.05) is 0 Å². The van der Waals surface area contributed by atoms with Crippen molar-refractivity contribution in [2.45, 2.75) is 38.6 Å². The molecule has 4 nitrogen and oxygen atoms in total. The fourth-order valence-electron chi connectivity index (χ4n) is 3.09. The summed E-state index contributed by atoms with van der Waals surface area (Å²) in [5.74, 6) is 0.853. The van der Waals surface area contributed by atoms with E-state index in [1.165, 1.54) is 6.07 Å². The first-order chi connectivity index (χ1) is 11.9. The van der Waals surface area contributed by atoms with Crippen molar-refractivity contribution < 1.29 is 22.3 Å². The van der Waals surface area contributed by atoms with E-state index >= 15 is 0 Å². The van der Waals surface area contributed by atoms with E-state index in [1.54, 1.807) is 20.1 Å². The number of piperidine rings is 1. The van der Waals surface area contributed by atoms with Gasteiger partial charge in [-0.25, -0.2) is 4.98 Å². The number of hydrogen-bond acceptors (Lipinski definition) is 4. The highest BCUT2D eigenvalue weighted by Crippen LogP contribution is 2.32. The number of aryl methyl sites for hydroxylation is 1. The number of ether oxygens (including phenoxy) is 1. The standard InChI is InChI=1S/C18H21F3N2O2/c1-12-16(11-23-8-4-7-15(10-23)24-2)22-17(25-12)13-5-3-6-14(9-13)18(19,20)21/h3,5-6,9,15H,4,7-8,10-11H2,1-2H3/t15-/m0/s1. The Morgan fingerprint density at radius 3 is 2.88 bits per heavy atom. The Morgan fingerprint density at radius 1 is 1.36 bits per heavy atom. The molecule has 0 amide bonds. The second-order valence-electron chi connectivity index (χ2n) is 6.34. The number of halogens is 3. The van der Waals surface area contributed by atoms with Gasteiger partial charge in [0.15, 0.2) is 0 Å². The van der Waals surface area contributed by atoms with Crippen LogP contribution in [-0.4, -0.2) is 36.2 Å². The van der Waals surface area contributed by atoms with Gasteiger partial charge in [0.25, 0.3) is 0 Å². The quantitative estimate of drug-likeness (QED) is 0.821. The third-order valence-electron chi connectivity index (χ3n) is 4.50. The zero-order valence-corrected chi connectivity index (χ0v) is 14.3. The molecule has 1 fully saturated rings. The van der Waals surface area contributed by atoms with Gasteiger partial charge in [-0.2, -0.15) is 13.2 Å². The van der Waals surface area contributed by atoms with Gasteiger partial charge in [-0.15, -0.1) is 0 Å². The topological polar surface area (TPSA) is 38.5 Å². The molecule has 2 heterocycles. The molecule has 0 unspecified atom stereocenters. The highest BCUT2D eigenvalue weighted by molar-refractivity contribution is 5.55. The number of alkyl halides is 3. The summed E-state index contributed by atoms with van der Waals surface area (Å²) in [4.78, 5) is 6.67. The molecule has 2 aromatic rings. The molecule has 3 rings (SSSR count). The molecule has 0 radical (unpaired) electrons. The van der Waals surface area contributed by atoms with Crippen molar-refractivity contribution in [3.63, 3.8) is 0 Å². The molecule has 1 aromatic heterocycles. The van der Waals surface area contributed by atoms with Gasteiger partial charge < -0.3 is 9.15 Å². The SMILES string of the molecule is CO[C@H]1CCCN(Cc2nc(-c3cccc(C(F)(F)F)c3)oc2C)C1. The third-order valence-corrected chi connectivity index (χ3v) is 4.50. The number of benzene rings is 1. The smallest absolute Gasteiger partial charge is 0.416 e. The molecule has 1 atom stereocenters. The Morgan fingerprint density at radius 2 is 2.16 bits per heavy atom. The van der Waals surface area contributed by atoms with Crippen molar-refractivity contribution in [1.82, 2.24) is 9.88 Å². The Labute approximate surface area is 144 Å². The molecule has 0 spiro atoms. The maximum absolute atomic E-state index is 12.9. The fraction of sp³-hybridized carbons (Fsp3) is 0.500. The molecular weight excluding hydrogens is 333 g/mol. The summed E-state index contributed by atoms with van der Waals surface area (Å²) in [6.45, 7) is 4.16. The molecule has 1 aliphatic rings. The molecule has 1 aromatic carbocycles. The van der Waals surface area contributed by atoms with Gasteiger partial charge in [-0.05, 0) is 44.5 Å². The lowest BCUT2D eigenvalue weighted by Gasteiger charge is -2.31. The van der Waals surface area contributed by atoms with Crippen LogP contribution in [0.3, 0.4) is 0 Å². The van der Waals surface area contributed by atoms with Gasteiger partial charge in [-0.1, -0.05) is 6.07 Å². The molecule has 0 bridgehead atoms. The Balaban J connectivity index is 1.79. The minimum absolute atomic E-state index is 0.212. The van der Waals surface area contributed by atoms with Crippen LogP contribution in [0.2, 0.25) is 0 Å². The van der Waals surface area contributed by atoms with Gasteiger partial charge in [0, 0.05) is 25.8 Å². The first kappa shape index (κ1) is 17.9. The summed E-state index contributed by atoms with van der Waals surface area (Å²) in [7, 11) is 1.71. The summed E-state index contributed by atoms with van der Waals surface area (Å²) >= 11 is 0. The van der Waals surface area contributed by atoms with Gasteiger partial charge in [0.05, 0.1) is 17.4 Å². The summed E-state index contributed by atoms with van der Waals surface area (Å²) in [5.41, 5.74) is 0.378. The molecule has 1 saturated heterocycles. The van der Waals surface area contributed by atoms with Crippen LogP contribution in [0.5, 0.6) is 0 Å². The number of rotatable bonds is 4. The van der Waals surface area contributed by atoms with Gasteiger partial charge >= 0.3 is 6.18 Å². The van der Waals surface area contributed by atoms with Crippen molar-refractivity contribution in [2.24, 2.45) is 0 Å². The summed E-state index contributed by atoms with van der Waals surface area (Å²) < 4.78 is 49.7. The average molecular weight is 354 g/mol. The number of hydrogen-bond donors (Lipinski definition) is 0. The highest BCUT2D eigenvalue weighted by Gasteiger charge is 2.31. The maximum Gasteiger partial charge on any atom is 0.416 e. The van der Waals surface area contributed by atoms with Gasteiger partial charge in [0.1, 0.15) is 5.76 Å². The first-order valence-electron chi connectivity index (χ1n) is 8.26. The molecule has 0 aliphatic carbocycles. The Kier molecular flexibility index (Phi) is 5.15. The number of likely N-dealkylation sites (tertiary alicyclic amines) is 1. The zero-order valence-electron chi connectivity index (χ0n) is 14.3. The Hall–Kier alpha value is -1.86. The normalized spacial score (nSPS) is 19.3. The highest BCUT2D eigenvalue weighted by atomic mass is 19.4. The van der Waals surface area contributed by atoms with E-state index in [4.69, 9.17) is 9.15 Å². The minimum atomic E-state index is -4.39. The van der Waals surface area contributed by atoms with Crippen LogP contribution in [0.4, 0.5) is 13.2 Å². The largest absolute Gasteiger partial charge is 0.441 e. The number of aromatic nitrogens is 1. The predicted molar refractivity (Wildman–Crippen MR) is 87.0 cm³/mol. The van der Waals surface area contributed by atoms with Crippen molar-refractivity contribution >= 4 is 0 Å². The van der Waals surface area contributed by atoms with Gasteiger partial charge in [0.2, 0.25) is 5.89 Å². The Bertz CT molecular complexity index is 727. The van der Waals surface area contributed by atoms with Crippen molar-refractivity contribution in [2.75, 3.05) is 20.2 Å². The lowest BCUT2D eigenvalue weighted by Crippen LogP contribution is -2.38. The molecule has 1 aliphatic heterocycles. The molecule has 7 heteroatoms. The molecular formula is C18H21F3N2O2. The van der Waals surface area contributed by atoms with Crippen LogP contribution < -0.4 is 0 Å². The van der Waals surface area contributed by atoms with Crippen molar-refractivity contribution in [3.8, 4) is 11.5 Å². The number of nitrogens with zero attached hydrogens (tertiary/aromatic N) is 2. The van der Waals surface area contributed by atoms with E-state index in [2.05, 4.69) is 9.88 Å². The summed E-state index contributed by atoms with van der Waals surface area (Å²) in [6, 6.07) is 5.05. The number of methoxy groups -OCH3 is 1. The predicted octanol–water partition coefficient (Wildman–Crippen LogP) is 4.28. The van der Waals surface area contributed by atoms with E-state index in [0.717, 1.165) is 43.8 Å². The summed E-state index contributed by atoms with van der Waals surface area (Å²) in [6.07, 6.45) is -2.08. The second kappa shape index (κ2) is 7.17. The fourth-order valence-corrected chi connectivity index (χ4v) is 3.09. The lowest BCUT2D eigenvalue weighted by atomic mass is 10.1. The van der Waals surface area contributed by atoms with Crippen LogP contribution in [0, 0.1) is 6.92 Å². The van der Waals surface area contributed by atoms with E-state index in [0.29, 0.717) is 17.9 Å². The van der Waals surface area contributed by atoms with Crippen molar-refractivity contribution in [3.05, 3.63) is 41.3 Å². The monoisotopic (exact) mass is 354 g/mol. The van der Waals surface area contributed by atoms with Crippen molar-refractivity contribution in [1.29, 1.82) is 0 Å². The van der Waals surface area contributed by atoms with Crippen LogP contribution in [0.15, 0.2) is 28.7 Å². The maximum atomic E-state index is 12.9. The zero-order chi connectivity index (χ0) is 18.0. The van der Waals surface area contributed by atoms with E-state index in [9.17, 15) is 13.2 Å². The molecule has 0 saturated carbocycles. The molecule has 25 heavy (non-hydrogen) atoms. The first-order valence-corrected chi connectivity index (χ1v) is 8.26. The second-order valence-corrected chi connectivity index (χ2v) is 6.34. The third kappa shape index (κ3) is 4.22. The summed E-state index contributed by atoms with van der Waals surface area (Å²) in [5, 5.41) is 0. The van der Waals surface area contributed by atoms with Crippen LogP contribution in [0.1, 0.15) is 29.9 Å². The average Bonchev–Trinajstić information content (AvgIpc) is 2.95. The lowest BCUT2D eigenvalue weighted by molar-refractivity contribution is -0.137.